The molecule has 0 aromatic heterocycles. The van der Waals surface area contributed by atoms with Gasteiger partial charge in [-0.25, -0.2) is 4.79 Å². The van der Waals surface area contributed by atoms with E-state index in [0.29, 0.717) is 58.5 Å². The zero-order valence-corrected chi connectivity index (χ0v) is 39.7. The van der Waals surface area contributed by atoms with E-state index in [1.165, 1.54) is 18.4 Å². The summed E-state index contributed by atoms with van der Waals surface area (Å²) in [6.45, 7) is 12.2. The zero-order valence-electron chi connectivity index (χ0n) is 39.7. The van der Waals surface area contributed by atoms with Gasteiger partial charge in [-0.1, -0.05) is 74.0 Å². The van der Waals surface area contributed by atoms with Gasteiger partial charge < -0.3 is 39.4 Å². The van der Waals surface area contributed by atoms with E-state index in [4.69, 9.17) is 23.7 Å². The van der Waals surface area contributed by atoms with Crippen LogP contribution >= 0.6 is 0 Å². The molecule has 4 aliphatic carbocycles. The molecule has 2 aliphatic heterocycles. The number of hydrogen-bond acceptors (Lipinski definition) is 10. The van der Waals surface area contributed by atoms with E-state index >= 15 is 0 Å². The Morgan fingerprint density at radius 2 is 1.64 bits per heavy atom. The average Bonchev–Trinajstić information content (AvgIpc) is 3.57. The minimum Gasteiger partial charge on any atom is -0.460 e. The van der Waals surface area contributed by atoms with Crippen molar-refractivity contribution in [2.75, 3.05) is 6.61 Å². The fraction of sp³-hybridized carbons (Fsp3) is 0.527. The Kier molecular flexibility index (Phi) is 12.9. The Morgan fingerprint density at radius 3 is 2.34 bits per heavy atom. The first-order valence-corrected chi connectivity index (χ1v) is 24.2. The van der Waals surface area contributed by atoms with Gasteiger partial charge in [0.05, 0.1) is 29.9 Å². The van der Waals surface area contributed by atoms with Crippen molar-refractivity contribution in [2.45, 2.75) is 160 Å². The lowest BCUT2D eigenvalue weighted by molar-refractivity contribution is -0.172. The van der Waals surface area contributed by atoms with Crippen LogP contribution in [0.1, 0.15) is 136 Å². The minimum absolute atomic E-state index is 0.0274. The van der Waals surface area contributed by atoms with Crippen molar-refractivity contribution >= 4 is 29.8 Å². The SMILES string of the molecule is CC(C)(C)OC(=O)CC[C@@H](CO)NC(=O)c1cccc(CNC(=O)C2=C[C@H]3OC4(Cc5ccccc5C4)O[C@H]3[C@H](OC(=O)c3ccc(C=C4CCC5O[C@]5(C)CC[C@@H]5[C@@H]4CC5(C)C)cc3)C2)c1. The molecule has 8 atom stereocenters. The molecule has 6 aliphatic rings. The van der Waals surface area contributed by atoms with Crippen molar-refractivity contribution in [3.05, 3.63) is 123 Å². The summed E-state index contributed by atoms with van der Waals surface area (Å²) < 4.78 is 31.2. The highest BCUT2D eigenvalue weighted by molar-refractivity contribution is 5.95. The highest BCUT2D eigenvalue weighted by Crippen LogP contribution is 2.60. The van der Waals surface area contributed by atoms with Crippen molar-refractivity contribution in [3.8, 4) is 0 Å². The maximum atomic E-state index is 14.0. The molecule has 1 spiro atoms. The summed E-state index contributed by atoms with van der Waals surface area (Å²) >= 11 is 0. The first-order valence-electron chi connectivity index (χ1n) is 24.2. The van der Waals surface area contributed by atoms with Gasteiger partial charge in [0, 0.05) is 43.4 Å². The van der Waals surface area contributed by atoms with Crippen LogP contribution in [0.2, 0.25) is 0 Å². The maximum absolute atomic E-state index is 14.0. The molecule has 2 saturated heterocycles. The van der Waals surface area contributed by atoms with E-state index < -0.39 is 53.6 Å². The molecule has 12 nitrogen and oxygen atoms in total. The van der Waals surface area contributed by atoms with Crippen LogP contribution in [0.15, 0.2) is 90.0 Å². The molecule has 9 rings (SSSR count). The van der Waals surface area contributed by atoms with Crippen LogP contribution in [0.5, 0.6) is 0 Å². The molecule has 0 radical (unpaired) electrons. The highest BCUT2D eigenvalue weighted by atomic mass is 16.8. The number of rotatable bonds is 12. The first kappa shape index (κ1) is 46.9. The smallest absolute Gasteiger partial charge is 0.338 e. The highest BCUT2D eigenvalue weighted by Gasteiger charge is 2.57. The number of aliphatic hydroxyl groups is 1. The number of benzene rings is 3. The average molecular weight is 915 g/mol. The van der Waals surface area contributed by atoms with E-state index in [2.05, 4.69) is 49.6 Å². The second-order valence-corrected chi connectivity index (χ2v) is 21.6. The Labute approximate surface area is 394 Å². The molecule has 2 saturated carbocycles. The fourth-order valence-corrected chi connectivity index (χ4v) is 11.3. The molecule has 3 N–H and O–H groups in total. The monoisotopic (exact) mass is 914 g/mol. The van der Waals surface area contributed by atoms with Crippen molar-refractivity contribution in [1.82, 2.24) is 10.6 Å². The molecule has 3 aromatic carbocycles. The molecule has 0 bridgehead atoms. The quantitative estimate of drug-likeness (QED) is 0.120. The Hall–Kier alpha value is -5.14. The molecule has 67 heavy (non-hydrogen) atoms. The molecule has 356 valence electrons. The molecule has 12 heteroatoms. The standard InChI is InChI=1S/C55H66N2O10/c1-52(2,3)66-47(59)21-19-41(32-58)57-50(61)37-13-9-10-34(25-37)31-56-49(60)40-26-44(48-45(27-40)64-55(67-48)28-38-11-7-8-12-39(38)29-55)63-51(62)35-16-14-33(15-17-35)24-36-18-20-46-54(6,65-46)23-22-43-42(36)30-53(43,4)5/h7-17,24-25,27,41-46,48,58H,18-23,26,28-32H2,1-6H3,(H,56,60)(H,57,61)/t41-,42+,43+,44+,45+,46?,48-,54+/m0/s1. The van der Waals surface area contributed by atoms with Crippen molar-refractivity contribution in [3.63, 3.8) is 0 Å². The third kappa shape index (κ3) is 10.5. The number of epoxide rings is 1. The zero-order chi connectivity index (χ0) is 47.3. The molecule has 2 amide bonds. The van der Waals surface area contributed by atoms with E-state index in [1.54, 1.807) is 51.1 Å². The van der Waals surface area contributed by atoms with E-state index in [9.17, 15) is 24.3 Å². The van der Waals surface area contributed by atoms with Crippen LogP contribution in [0.4, 0.5) is 0 Å². The van der Waals surface area contributed by atoms with E-state index in [-0.39, 0.29) is 43.9 Å². The summed E-state index contributed by atoms with van der Waals surface area (Å²) in [5.74, 6) is -1.42. The summed E-state index contributed by atoms with van der Waals surface area (Å²) in [6.07, 6.45) is 9.38. The van der Waals surface area contributed by atoms with Gasteiger partial charge in [-0.05, 0) is 136 Å². The van der Waals surface area contributed by atoms with E-state index in [1.807, 2.05) is 36.4 Å². The third-order valence-corrected chi connectivity index (χ3v) is 15.0. The Bertz CT molecular complexity index is 2430. The Balaban J connectivity index is 0.863. The number of carbonyl (C=O) groups excluding carboxylic acids is 4. The molecular formula is C55H66N2O10. The summed E-state index contributed by atoms with van der Waals surface area (Å²) in [5.41, 5.74) is 6.36. The lowest BCUT2D eigenvalue weighted by Gasteiger charge is -2.53. The van der Waals surface area contributed by atoms with Gasteiger partial charge >= 0.3 is 11.9 Å². The molecule has 4 fully saturated rings. The number of esters is 2. The van der Waals surface area contributed by atoms with Crippen molar-refractivity contribution < 1.29 is 48.0 Å². The minimum atomic E-state index is -0.942. The molecule has 3 aromatic rings. The second-order valence-electron chi connectivity index (χ2n) is 21.6. The number of carbonyl (C=O) groups is 4. The molecule has 1 unspecified atom stereocenters. The van der Waals surface area contributed by atoms with Gasteiger partial charge in [-0.3, -0.25) is 14.4 Å². The van der Waals surface area contributed by atoms with Crippen LogP contribution < -0.4 is 10.6 Å². The predicted octanol–water partition coefficient (Wildman–Crippen LogP) is 8.13. The lowest BCUT2D eigenvalue weighted by atomic mass is 9.52. The van der Waals surface area contributed by atoms with Crippen molar-refractivity contribution in [1.29, 1.82) is 0 Å². The lowest BCUT2D eigenvalue weighted by Crippen LogP contribution is -2.45. The van der Waals surface area contributed by atoms with Gasteiger partial charge in [-0.15, -0.1) is 0 Å². The predicted molar refractivity (Wildman–Crippen MR) is 251 cm³/mol. The summed E-state index contributed by atoms with van der Waals surface area (Å²) in [6, 6.07) is 22.0. The number of amides is 2. The van der Waals surface area contributed by atoms with Gasteiger partial charge in [0.15, 0.2) is 5.79 Å². The number of aliphatic hydroxyl groups excluding tert-OH is 1. The van der Waals surface area contributed by atoms with Gasteiger partial charge in [0.2, 0.25) is 5.91 Å². The van der Waals surface area contributed by atoms with Gasteiger partial charge in [-0.2, -0.15) is 0 Å². The summed E-state index contributed by atoms with van der Waals surface area (Å²) in [7, 11) is 0. The summed E-state index contributed by atoms with van der Waals surface area (Å²) in [5, 5.41) is 15.7. The van der Waals surface area contributed by atoms with E-state index in [0.717, 1.165) is 36.0 Å². The number of fused-ring (bicyclic) bond motifs is 4. The first-order chi connectivity index (χ1) is 31.9. The topological polar surface area (TPSA) is 162 Å². The number of nitrogens with one attached hydrogen (secondary N) is 2. The largest absolute Gasteiger partial charge is 0.460 e. The number of allylic oxidation sites excluding steroid dienone is 1. The third-order valence-electron chi connectivity index (χ3n) is 15.0. The van der Waals surface area contributed by atoms with Gasteiger partial charge in [0.1, 0.15) is 23.9 Å². The van der Waals surface area contributed by atoms with Crippen LogP contribution in [-0.4, -0.2) is 82.9 Å². The summed E-state index contributed by atoms with van der Waals surface area (Å²) in [4.78, 5) is 53.4. The van der Waals surface area contributed by atoms with Gasteiger partial charge in [0.25, 0.3) is 5.91 Å². The van der Waals surface area contributed by atoms with Crippen molar-refractivity contribution in [2.24, 2.45) is 17.3 Å². The number of ether oxygens (including phenoxy) is 5. The fourth-order valence-electron chi connectivity index (χ4n) is 11.3. The Morgan fingerprint density at radius 1 is 0.896 bits per heavy atom. The normalized spacial score (nSPS) is 28.7. The van der Waals surface area contributed by atoms with Crippen LogP contribution in [0, 0.1) is 17.3 Å². The maximum Gasteiger partial charge on any atom is 0.338 e. The second kappa shape index (κ2) is 18.4. The van der Waals surface area contributed by atoms with Crippen LogP contribution in [-0.2, 0) is 52.7 Å². The number of hydrogen-bond donors (Lipinski definition) is 3. The van der Waals surface area contributed by atoms with Crippen LogP contribution in [0.3, 0.4) is 0 Å². The molecule has 2 heterocycles. The molecular weight excluding hydrogens is 849 g/mol. The van der Waals surface area contributed by atoms with Crippen LogP contribution in [0.25, 0.3) is 6.08 Å².